The van der Waals surface area contributed by atoms with Crippen molar-refractivity contribution in [3.05, 3.63) is 12.0 Å². The summed E-state index contributed by atoms with van der Waals surface area (Å²) in [6, 6.07) is 1.67. The fraction of sp³-hybridized carbons (Fsp3) is 0.125. The number of aromatic nitrogens is 4. The maximum atomic E-state index is 12.1. The quantitative estimate of drug-likeness (QED) is 0.781. The summed E-state index contributed by atoms with van der Waals surface area (Å²) in [6.45, 7) is 0. The summed E-state index contributed by atoms with van der Waals surface area (Å²) in [5.41, 5.74) is -0.151. The second-order valence-corrected chi connectivity index (χ2v) is 3.08. The molecule has 1 amide bonds. The van der Waals surface area contributed by atoms with Crippen molar-refractivity contribution in [1.29, 1.82) is 5.26 Å². The van der Waals surface area contributed by atoms with E-state index in [0.29, 0.717) is 0 Å². The molecule has 2 aromatic rings. The number of halogens is 3. The fourth-order valence-corrected chi connectivity index (χ4v) is 1.21. The van der Waals surface area contributed by atoms with Crippen molar-refractivity contribution >= 4 is 22.8 Å². The van der Waals surface area contributed by atoms with Crippen LogP contribution >= 0.6 is 0 Å². The summed E-state index contributed by atoms with van der Waals surface area (Å²) in [5, 5.41) is 16.1. The van der Waals surface area contributed by atoms with Crippen LogP contribution in [-0.2, 0) is 4.79 Å². The van der Waals surface area contributed by atoms with Gasteiger partial charge in [0.25, 0.3) is 0 Å². The van der Waals surface area contributed by atoms with Gasteiger partial charge in [-0.25, -0.2) is 9.97 Å². The van der Waals surface area contributed by atoms with Crippen LogP contribution in [0.15, 0.2) is 6.33 Å². The molecule has 0 aliphatic heterocycles. The molecule has 0 saturated heterocycles. The maximum Gasteiger partial charge on any atom is 0.471 e. The summed E-state index contributed by atoms with van der Waals surface area (Å²) in [7, 11) is 0. The Morgan fingerprint density at radius 3 is 2.78 bits per heavy atom. The number of hydrogen-bond donors (Lipinski definition) is 2. The number of anilines is 1. The molecular formula is C8H3F3N6O. The minimum atomic E-state index is -5.05. The highest BCUT2D eigenvalue weighted by molar-refractivity contribution is 6.02. The van der Waals surface area contributed by atoms with Crippen LogP contribution in [-0.4, -0.2) is 32.2 Å². The number of hydrogen-bond acceptors (Lipinski definition) is 5. The zero-order valence-corrected chi connectivity index (χ0v) is 8.41. The molecule has 0 spiro atoms. The normalized spacial score (nSPS) is 11.2. The molecule has 2 heterocycles. The van der Waals surface area contributed by atoms with E-state index < -0.39 is 17.9 Å². The topological polar surface area (TPSA) is 107 Å². The molecule has 0 aliphatic carbocycles. The molecule has 0 fully saturated rings. The van der Waals surface area contributed by atoms with Crippen molar-refractivity contribution in [2.45, 2.75) is 6.18 Å². The van der Waals surface area contributed by atoms with Crippen molar-refractivity contribution in [3.8, 4) is 6.07 Å². The van der Waals surface area contributed by atoms with Gasteiger partial charge in [-0.2, -0.15) is 23.5 Å². The third-order valence-corrected chi connectivity index (χ3v) is 1.95. The Morgan fingerprint density at radius 1 is 1.44 bits per heavy atom. The van der Waals surface area contributed by atoms with Crippen LogP contribution in [0.3, 0.4) is 0 Å². The maximum absolute atomic E-state index is 12.1. The molecule has 92 valence electrons. The summed E-state index contributed by atoms with van der Waals surface area (Å²) in [6.07, 6.45) is -4.12. The molecule has 0 bridgehead atoms. The van der Waals surface area contributed by atoms with E-state index in [1.807, 2.05) is 0 Å². The molecule has 0 unspecified atom stereocenters. The molecule has 0 atom stereocenters. The average Bonchev–Trinajstić information content (AvgIpc) is 2.71. The lowest BCUT2D eigenvalue weighted by Gasteiger charge is -2.07. The smallest absolute Gasteiger partial charge is 0.302 e. The summed E-state index contributed by atoms with van der Waals surface area (Å²) in [5.74, 6) is -2.61. The van der Waals surface area contributed by atoms with Crippen molar-refractivity contribution in [3.63, 3.8) is 0 Å². The molecule has 0 aromatic carbocycles. The summed E-state index contributed by atoms with van der Waals surface area (Å²) < 4.78 is 36.3. The second kappa shape index (κ2) is 3.95. The third-order valence-electron chi connectivity index (χ3n) is 1.95. The van der Waals surface area contributed by atoms with Gasteiger partial charge in [-0.05, 0) is 0 Å². The van der Waals surface area contributed by atoms with E-state index in [-0.39, 0.29) is 16.7 Å². The number of nitrogens with zero attached hydrogens (tertiary/aromatic N) is 4. The SMILES string of the molecule is N#Cc1[nH]nc2ncnc(NC(=O)C(F)(F)F)c12. The van der Waals surface area contributed by atoms with E-state index in [9.17, 15) is 18.0 Å². The largest absolute Gasteiger partial charge is 0.471 e. The highest BCUT2D eigenvalue weighted by Crippen LogP contribution is 2.23. The first-order chi connectivity index (χ1) is 8.43. The number of H-pyrrole nitrogens is 1. The molecule has 18 heavy (non-hydrogen) atoms. The Kier molecular flexibility index (Phi) is 2.59. The Hall–Kier alpha value is -2.70. The van der Waals surface area contributed by atoms with Crippen LogP contribution < -0.4 is 5.32 Å². The monoisotopic (exact) mass is 256 g/mol. The fourth-order valence-electron chi connectivity index (χ4n) is 1.21. The van der Waals surface area contributed by atoms with E-state index >= 15 is 0 Å². The lowest BCUT2D eigenvalue weighted by molar-refractivity contribution is -0.167. The van der Waals surface area contributed by atoms with Crippen molar-refractivity contribution < 1.29 is 18.0 Å². The van der Waals surface area contributed by atoms with Crippen LogP contribution in [0.2, 0.25) is 0 Å². The predicted octanol–water partition coefficient (Wildman–Crippen LogP) is 0.725. The number of nitriles is 1. The lowest BCUT2D eigenvalue weighted by Crippen LogP contribution is -2.30. The number of amides is 1. The molecule has 2 aromatic heterocycles. The Bertz CT molecular complexity index is 655. The molecule has 0 radical (unpaired) electrons. The Labute approximate surface area is 96.6 Å². The highest BCUT2D eigenvalue weighted by Gasteiger charge is 2.39. The first-order valence-electron chi connectivity index (χ1n) is 4.41. The summed E-state index contributed by atoms with van der Waals surface area (Å²) in [4.78, 5) is 17.9. The zero-order valence-electron chi connectivity index (χ0n) is 8.41. The molecule has 7 nitrogen and oxygen atoms in total. The molecule has 0 aliphatic rings. The number of carbonyl (C=O) groups is 1. The highest BCUT2D eigenvalue weighted by atomic mass is 19.4. The van der Waals surface area contributed by atoms with Gasteiger partial charge >= 0.3 is 12.1 Å². The third kappa shape index (κ3) is 1.93. The second-order valence-electron chi connectivity index (χ2n) is 3.08. The van der Waals surface area contributed by atoms with E-state index in [1.54, 1.807) is 11.4 Å². The van der Waals surface area contributed by atoms with Gasteiger partial charge in [0.2, 0.25) is 0 Å². The minimum absolute atomic E-state index is 0.0148. The van der Waals surface area contributed by atoms with Gasteiger partial charge in [0, 0.05) is 0 Å². The lowest BCUT2D eigenvalue weighted by atomic mass is 10.3. The minimum Gasteiger partial charge on any atom is -0.302 e. The van der Waals surface area contributed by atoms with Gasteiger partial charge in [0.15, 0.2) is 5.65 Å². The van der Waals surface area contributed by atoms with Gasteiger partial charge in [0.1, 0.15) is 23.9 Å². The van der Waals surface area contributed by atoms with E-state index in [1.165, 1.54) is 0 Å². The van der Waals surface area contributed by atoms with Crippen LogP contribution in [0.4, 0.5) is 19.0 Å². The van der Waals surface area contributed by atoms with E-state index in [0.717, 1.165) is 6.33 Å². The first kappa shape index (κ1) is 11.8. The van der Waals surface area contributed by atoms with Crippen molar-refractivity contribution in [1.82, 2.24) is 20.2 Å². The van der Waals surface area contributed by atoms with Gasteiger partial charge in [-0.3, -0.25) is 9.89 Å². The van der Waals surface area contributed by atoms with Crippen molar-refractivity contribution in [2.75, 3.05) is 5.32 Å². The molecule has 10 heteroatoms. The van der Waals surface area contributed by atoms with E-state index in [4.69, 9.17) is 5.26 Å². The van der Waals surface area contributed by atoms with Gasteiger partial charge < -0.3 is 5.32 Å². The zero-order chi connectivity index (χ0) is 13.3. The number of fused-ring (bicyclic) bond motifs is 1. The number of rotatable bonds is 1. The first-order valence-corrected chi connectivity index (χ1v) is 4.41. The van der Waals surface area contributed by atoms with Gasteiger partial charge in [-0.15, -0.1) is 0 Å². The van der Waals surface area contributed by atoms with Crippen LogP contribution in [0.25, 0.3) is 11.0 Å². The van der Waals surface area contributed by atoms with Gasteiger partial charge in [-0.1, -0.05) is 0 Å². The number of nitrogens with one attached hydrogen (secondary N) is 2. The van der Waals surface area contributed by atoms with Crippen molar-refractivity contribution in [2.24, 2.45) is 0 Å². The number of aromatic amines is 1. The molecule has 0 saturated carbocycles. The number of alkyl halides is 3. The standard InChI is InChI=1S/C8H3F3N6O/c9-8(10,11)7(18)15-5-4-3(1-12)16-17-6(4)14-2-13-5/h2H,(H2,13,14,15,16,17,18). The Morgan fingerprint density at radius 2 is 2.17 bits per heavy atom. The van der Waals surface area contributed by atoms with Crippen LogP contribution in [0.5, 0.6) is 0 Å². The Balaban J connectivity index is 2.49. The van der Waals surface area contributed by atoms with Gasteiger partial charge in [0.05, 0.1) is 5.39 Å². The van der Waals surface area contributed by atoms with Crippen LogP contribution in [0.1, 0.15) is 5.69 Å². The number of carbonyl (C=O) groups excluding carboxylic acids is 1. The average molecular weight is 256 g/mol. The summed E-state index contributed by atoms with van der Waals surface area (Å²) >= 11 is 0. The van der Waals surface area contributed by atoms with Crippen LogP contribution in [0, 0.1) is 11.3 Å². The molecular weight excluding hydrogens is 253 g/mol. The van der Waals surface area contributed by atoms with E-state index in [2.05, 4.69) is 20.2 Å². The predicted molar refractivity (Wildman–Crippen MR) is 51.1 cm³/mol. The molecule has 2 N–H and O–H groups in total. The molecule has 2 rings (SSSR count).